The first-order chi connectivity index (χ1) is 9.02. The summed E-state index contributed by atoms with van der Waals surface area (Å²) >= 11 is 0. The van der Waals surface area contributed by atoms with E-state index in [1.165, 1.54) is 0 Å². The molecule has 0 heterocycles. The summed E-state index contributed by atoms with van der Waals surface area (Å²) in [6.45, 7) is 4.63. The number of carbonyl (C=O) groups is 1. The summed E-state index contributed by atoms with van der Waals surface area (Å²) in [5, 5.41) is 17.4. The number of amides is 1. The molecular weight excluding hydrogens is 244 g/mol. The minimum Gasteiger partial charge on any atom is -0.409 e. The van der Waals surface area contributed by atoms with Gasteiger partial charge in [-0.2, -0.15) is 0 Å². The first kappa shape index (κ1) is 15.0. The lowest BCUT2D eigenvalue weighted by Crippen LogP contribution is -2.37. The molecule has 104 valence electrons. The van der Waals surface area contributed by atoms with Crippen molar-refractivity contribution in [2.45, 2.75) is 26.4 Å². The first-order valence-corrected chi connectivity index (χ1v) is 6.10. The Morgan fingerprint density at radius 3 is 2.84 bits per heavy atom. The van der Waals surface area contributed by atoms with E-state index in [1.54, 1.807) is 6.07 Å². The maximum atomic E-state index is 11.4. The van der Waals surface area contributed by atoms with E-state index in [-0.39, 0.29) is 24.3 Å². The van der Waals surface area contributed by atoms with Crippen LogP contribution in [0.5, 0.6) is 0 Å². The lowest BCUT2D eigenvalue weighted by molar-refractivity contribution is -0.120. The zero-order valence-corrected chi connectivity index (χ0v) is 11.2. The van der Waals surface area contributed by atoms with Gasteiger partial charge in [-0.25, -0.2) is 0 Å². The van der Waals surface area contributed by atoms with Crippen LogP contribution in [0.3, 0.4) is 0 Å². The van der Waals surface area contributed by atoms with Gasteiger partial charge in [0.05, 0.1) is 6.54 Å². The van der Waals surface area contributed by atoms with Crippen LogP contribution >= 0.6 is 0 Å². The number of benzene rings is 1. The fourth-order valence-corrected chi connectivity index (χ4v) is 1.59. The van der Waals surface area contributed by atoms with Crippen molar-refractivity contribution in [3.8, 4) is 0 Å². The topological polar surface area (TPSA) is 99.7 Å². The molecule has 0 aromatic heterocycles. The van der Waals surface area contributed by atoms with E-state index in [0.717, 1.165) is 5.56 Å². The van der Waals surface area contributed by atoms with Crippen LogP contribution in [-0.4, -0.2) is 29.5 Å². The highest BCUT2D eigenvalue weighted by molar-refractivity contribution is 5.97. The predicted octanol–water partition coefficient (Wildman–Crippen LogP) is 0.395. The van der Waals surface area contributed by atoms with Crippen molar-refractivity contribution < 1.29 is 10.0 Å². The Morgan fingerprint density at radius 1 is 1.47 bits per heavy atom. The van der Waals surface area contributed by atoms with Crippen molar-refractivity contribution in [2.75, 3.05) is 6.54 Å². The largest absolute Gasteiger partial charge is 0.409 e. The SMILES string of the molecule is CC(C)NC(=O)CNCc1cccc(C(N)=NO)c1. The van der Waals surface area contributed by atoms with Crippen molar-refractivity contribution in [1.82, 2.24) is 10.6 Å². The standard InChI is InChI=1S/C13H20N4O2/c1-9(2)16-12(18)8-15-7-10-4-3-5-11(6-10)13(14)17-19/h3-6,9,15,19H,7-8H2,1-2H3,(H2,14,17)(H,16,18). The Labute approximate surface area is 112 Å². The molecule has 0 bridgehead atoms. The molecule has 0 aliphatic rings. The molecule has 0 radical (unpaired) electrons. The van der Waals surface area contributed by atoms with Gasteiger partial charge in [-0.1, -0.05) is 23.4 Å². The van der Waals surface area contributed by atoms with Gasteiger partial charge in [0.25, 0.3) is 0 Å². The molecule has 0 atom stereocenters. The lowest BCUT2D eigenvalue weighted by atomic mass is 10.1. The van der Waals surface area contributed by atoms with E-state index in [9.17, 15) is 4.79 Å². The molecule has 0 unspecified atom stereocenters. The van der Waals surface area contributed by atoms with E-state index in [0.29, 0.717) is 12.1 Å². The summed E-state index contributed by atoms with van der Waals surface area (Å²) in [6, 6.07) is 7.42. The number of oxime groups is 1. The van der Waals surface area contributed by atoms with Gasteiger partial charge in [0.2, 0.25) is 5.91 Å². The molecule has 6 nitrogen and oxygen atoms in total. The quantitative estimate of drug-likeness (QED) is 0.258. The van der Waals surface area contributed by atoms with Gasteiger partial charge in [-0.05, 0) is 25.5 Å². The highest BCUT2D eigenvalue weighted by Crippen LogP contribution is 2.04. The van der Waals surface area contributed by atoms with Gasteiger partial charge in [-0.15, -0.1) is 0 Å². The minimum atomic E-state index is -0.0393. The molecule has 1 aromatic carbocycles. The van der Waals surface area contributed by atoms with E-state index in [4.69, 9.17) is 10.9 Å². The number of nitrogens with one attached hydrogen (secondary N) is 2. The van der Waals surface area contributed by atoms with E-state index in [2.05, 4.69) is 15.8 Å². The Morgan fingerprint density at radius 2 is 2.21 bits per heavy atom. The maximum Gasteiger partial charge on any atom is 0.234 e. The smallest absolute Gasteiger partial charge is 0.234 e. The van der Waals surface area contributed by atoms with Crippen LogP contribution < -0.4 is 16.4 Å². The fraction of sp³-hybridized carbons (Fsp3) is 0.385. The van der Waals surface area contributed by atoms with Crippen LogP contribution in [0.2, 0.25) is 0 Å². The van der Waals surface area contributed by atoms with Crippen LogP contribution in [0.15, 0.2) is 29.4 Å². The number of carbonyl (C=O) groups excluding carboxylic acids is 1. The third-order valence-electron chi connectivity index (χ3n) is 2.39. The molecule has 0 aliphatic carbocycles. The van der Waals surface area contributed by atoms with E-state index < -0.39 is 0 Å². The van der Waals surface area contributed by atoms with Gasteiger partial charge in [-0.3, -0.25) is 4.79 Å². The van der Waals surface area contributed by atoms with E-state index >= 15 is 0 Å². The number of hydrogen-bond donors (Lipinski definition) is 4. The monoisotopic (exact) mass is 264 g/mol. The third-order valence-corrected chi connectivity index (χ3v) is 2.39. The second kappa shape index (κ2) is 7.38. The zero-order chi connectivity index (χ0) is 14.3. The van der Waals surface area contributed by atoms with E-state index in [1.807, 2.05) is 32.0 Å². The summed E-state index contributed by atoms with van der Waals surface area (Å²) in [6.07, 6.45) is 0. The molecule has 0 aliphatic heterocycles. The number of nitrogens with two attached hydrogens (primary N) is 1. The number of amidine groups is 1. The number of nitrogens with zero attached hydrogens (tertiary/aromatic N) is 1. The zero-order valence-electron chi connectivity index (χ0n) is 11.2. The number of rotatable bonds is 6. The summed E-state index contributed by atoms with van der Waals surface area (Å²) in [5.74, 6) is 0.0296. The van der Waals surface area contributed by atoms with Crippen LogP contribution in [-0.2, 0) is 11.3 Å². The average Bonchev–Trinajstić information content (AvgIpc) is 2.37. The number of hydrogen-bond acceptors (Lipinski definition) is 4. The average molecular weight is 264 g/mol. The molecule has 19 heavy (non-hydrogen) atoms. The molecule has 0 saturated heterocycles. The molecule has 1 amide bonds. The van der Waals surface area contributed by atoms with Gasteiger partial charge in [0.15, 0.2) is 5.84 Å². The van der Waals surface area contributed by atoms with Crippen LogP contribution in [0, 0.1) is 0 Å². The fourth-order valence-electron chi connectivity index (χ4n) is 1.59. The maximum absolute atomic E-state index is 11.4. The summed E-state index contributed by atoms with van der Waals surface area (Å²) in [5.41, 5.74) is 7.12. The molecule has 1 aromatic rings. The second-order valence-corrected chi connectivity index (χ2v) is 4.51. The lowest BCUT2D eigenvalue weighted by Gasteiger charge is -2.09. The molecular formula is C13H20N4O2. The van der Waals surface area contributed by atoms with Crippen LogP contribution in [0.1, 0.15) is 25.0 Å². The highest BCUT2D eigenvalue weighted by Gasteiger charge is 2.03. The summed E-state index contributed by atoms with van der Waals surface area (Å²) < 4.78 is 0. The predicted molar refractivity (Wildman–Crippen MR) is 73.9 cm³/mol. The first-order valence-electron chi connectivity index (χ1n) is 6.10. The van der Waals surface area contributed by atoms with Gasteiger partial charge in [0.1, 0.15) is 0 Å². The van der Waals surface area contributed by atoms with Crippen molar-refractivity contribution in [1.29, 1.82) is 0 Å². The molecule has 6 heteroatoms. The second-order valence-electron chi connectivity index (χ2n) is 4.51. The highest BCUT2D eigenvalue weighted by atomic mass is 16.4. The summed E-state index contributed by atoms with van der Waals surface area (Å²) in [4.78, 5) is 11.4. The Kier molecular flexibility index (Phi) is 5.81. The van der Waals surface area contributed by atoms with Gasteiger partial charge >= 0.3 is 0 Å². The van der Waals surface area contributed by atoms with Crippen LogP contribution in [0.4, 0.5) is 0 Å². The molecule has 0 spiro atoms. The van der Waals surface area contributed by atoms with Crippen molar-refractivity contribution >= 4 is 11.7 Å². The third kappa shape index (κ3) is 5.39. The Hall–Kier alpha value is -2.08. The van der Waals surface area contributed by atoms with Crippen molar-refractivity contribution in [2.24, 2.45) is 10.9 Å². The normalized spacial score (nSPS) is 11.6. The summed E-state index contributed by atoms with van der Waals surface area (Å²) in [7, 11) is 0. The molecule has 0 saturated carbocycles. The van der Waals surface area contributed by atoms with Crippen molar-refractivity contribution in [3.05, 3.63) is 35.4 Å². The van der Waals surface area contributed by atoms with Crippen molar-refractivity contribution in [3.63, 3.8) is 0 Å². The molecule has 5 N–H and O–H groups in total. The van der Waals surface area contributed by atoms with Gasteiger partial charge in [0, 0.05) is 18.2 Å². The minimum absolute atomic E-state index is 0.0393. The van der Waals surface area contributed by atoms with Gasteiger partial charge < -0.3 is 21.6 Å². The Bertz CT molecular complexity index is 458. The molecule has 0 fully saturated rings. The molecule has 1 rings (SSSR count). The van der Waals surface area contributed by atoms with Crippen LogP contribution in [0.25, 0.3) is 0 Å². The Balaban J connectivity index is 2.48.